The van der Waals surface area contributed by atoms with Crippen LogP contribution in [0.2, 0.25) is 0 Å². The van der Waals surface area contributed by atoms with Crippen LogP contribution in [0.3, 0.4) is 0 Å². The van der Waals surface area contributed by atoms with Crippen molar-refractivity contribution in [3.8, 4) is 0 Å². The van der Waals surface area contributed by atoms with E-state index in [0.717, 1.165) is 8.61 Å². The van der Waals surface area contributed by atoms with Crippen molar-refractivity contribution in [1.82, 2.24) is 8.61 Å². The Hall–Kier alpha value is -1.22. The van der Waals surface area contributed by atoms with Crippen molar-refractivity contribution in [3.63, 3.8) is 0 Å². The van der Waals surface area contributed by atoms with Crippen LogP contribution in [0.15, 0.2) is 50.6 Å². The van der Waals surface area contributed by atoms with E-state index in [9.17, 15) is 16.8 Å². The molecule has 0 saturated heterocycles. The first-order valence-corrected chi connectivity index (χ1v) is 9.36. The molecule has 0 bridgehead atoms. The lowest BCUT2D eigenvalue weighted by Crippen LogP contribution is -2.41. The Morgan fingerprint density at radius 2 is 0.857 bits per heavy atom. The molecule has 0 N–H and O–H groups in total. The van der Waals surface area contributed by atoms with Crippen LogP contribution in [0.25, 0.3) is 0 Å². The van der Waals surface area contributed by atoms with Crippen LogP contribution < -0.4 is 0 Å². The SMILES string of the molecule is C=CCN(CC=C)S(=O)(=O)CS(=O)(=O)N(CC=C)CC=C. The van der Waals surface area contributed by atoms with Gasteiger partial charge in [-0.25, -0.2) is 16.8 Å². The van der Waals surface area contributed by atoms with Gasteiger partial charge < -0.3 is 0 Å². The van der Waals surface area contributed by atoms with Gasteiger partial charge in [-0.2, -0.15) is 8.61 Å². The minimum Gasteiger partial charge on any atom is -0.211 e. The minimum absolute atomic E-state index is 0.0206. The third-order valence-electron chi connectivity index (χ3n) is 2.42. The third kappa shape index (κ3) is 6.38. The van der Waals surface area contributed by atoms with Crippen molar-refractivity contribution in [1.29, 1.82) is 0 Å². The van der Waals surface area contributed by atoms with Gasteiger partial charge in [0, 0.05) is 26.2 Å². The molecule has 21 heavy (non-hydrogen) atoms. The van der Waals surface area contributed by atoms with E-state index in [4.69, 9.17) is 0 Å². The summed E-state index contributed by atoms with van der Waals surface area (Å²) in [5, 5.41) is -1.01. The van der Waals surface area contributed by atoms with Crippen LogP contribution in [-0.4, -0.2) is 56.7 Å². The van der Waals surface area contributed by atoms with E-state index >= 15 is 0 Å². The molecule has 0 unspecified atom stereocenters. The molecule has 0 spiro atoms. The normalized spacial score (nSPS) is 12.3. The summed E-state index contributed by atoms with van der Waals surface area (Å²) < 4.78 is 50.9. The first-order chi connectivity index (χ1) is 9.75. The lowest BCUT2D eigenvalue weighted by molar-refractivity contribution is 0.464. The molecule has 0 fully saturated rings. The molecule has 0 amide bonds. The van der Waals surface area contributed by atoms with E-state index < -0.39 is 25.1 Å². The summed E-state index contributed by atoms with van der Waals surface area (Å²) in [6.45, 7) is 13.9. The molecule has 8 heteroatoms. The first-order valence-electron chi connectivity index (χ1n) is 6.14. The number of rotatable bonds is 12. The molecule has 0 aromatic rings. The van der Waals surface area contributed by atoms with Crippen molar-refractivity contribution in [2.45, 2.75) is 0 Å². The van der Waals surface area contributed by atoms with Gasteiger partial charge in [-0.1, -0.05) is 24.3 Å². The van der Waals surface area contributed by atoms with Crippen molar-refractivity contribution in [2.24, 2.45) is 0 Å². The fraction of sp³-hybridized carbons (Fsp3) is 0.385. The Balaban J connectivity index is 5.35. The maximum atomic E-state index is 12.2. The molecule has 0 aliphatic carbocycles. The smallest absolute Gasteiger partial charge is 0.211 e. The van der Waals surface area contributed by atoms with Crippen molar-refractivity contribution >= 4 is 20.0 Å². The summed E-state index contributed by atoms with van der Waals surface area (Å²) in [7, 11) is -7.99. The highest BCUT2D eigenvalue weighted by molar-refractivity contribution is 8.05. The molecule has 0 aromatic carbocycles. The number of nitrogens with zero attached hydrogens (tertiary/aromatic N) is 2. The van der Waals surface area contributed by atoms with Gasteiger partial charge >= 0.3 is 0 Å². The summed E-state index contributed by atoms with van der Waals surface area (Å²) >= 11 is 0. The maximum absolute atomic E-state index is 12.2. The van der Waals surface area contributed by atoms with Crippen LogP contribution in [0.4, 0.5) is 0 Å². The summed E-state index contributed by atoms with van der Waals surface area (Å²) in [6, 6.07) is 0. The highest BCUT2D eigenvalue weighted by Crippen LogP contribution is 2.10. The van der Waals surface area contributed by atoms with Crippen molar-refractivity contribution in [2.75, 3.05) is 31.3 Å². The topological polar surface area (TPSA) is 74.8 Å². The Morgan fingerprint density at radius 1 is 0.619 bits per heavy atom. The van der Waals surface area contributed by atoms with Gasteiger partial charge in [-0.3, -0.25) is 0 Å². The second-order valence-electron chi connectivity index (χ2n) is 4.13. The molecule has 0 atom stereocenters. The molecule has 0 heterocycles. The minimum atomic E-state index is -3.99. The number of sulfonamides is 2. The molecule has 0 rings (SSSR count). The van der Waals surface area contributed by atoms with Gasteiger partial charge in [0.2, 0.25) is 20.0 Å². The largest absolute Gasteiger partial charge is 0.230 e. The van der Waals surface area contributed by atoms with E-state index in [2.05, 4.69) is 26.3 Å². The zero-order valence-corrected chi connectivity index (χ0v) is 13.7. The van der Waals surface area contributed by atoms with Gasteiger partial charge in [0.15, 0.2) is 5.08 Å². The van der Waals surface area contributed by atoms with E-state index in [0.29, 0.717) is 0 Å². The highest BCUT2D eigenvalue weighted by Gasteiger charge is 2.31. The molecule has 0 aromatic heterocycles. The predicted molar refractivity (Wildman–Crippen MR) is 86.6 cm³/mol. The summed E-state index contributed by atoms with van der Waals surface area (Å²) in [5.41, 5.74) is 0. The lowest BCUT2D eigenvalue weighted by atomic mass is 10.5. The molecular formula is C13H22N2O4S2. The molecular weight excluding hydrogens is 312 g/mol. The standard InChI is InChI=1S/C13H22N2O4S2/c1-5-9-14(10-6-2)20(16,17)13-21(18,19)15(11-7-3)12-8-4/h5-8H,1-4,9-13H2. The average molecular weight is 334 g/mol. The van der Waals surface area contributed by atoms with Gasteiger partial charge in [0.05, 0.1) is 0 Å². The van der Waals surface area contributed by atoms with Crippen LogP contribution in [0, 0.1) is 0 Å². The third-order valence-corrected chi connectivity index (χ3v) is 6.97. The fourth-order valence-corrected chi connectivity index (χ4v) is 5.54. The maximum Gasteiger partial charge on any atom is 0.230 e. The molecule has 0 radical (unpaired) electrons. The first kappa shape index (κ1) is 19.8. The monoisotopic (exact) mass is 334 g/mol. The van der Waals surface area contributed by atoms with E-state index in [1.807, 2.05) is 0 Å². The quantitative estimate of drug-likeness (QED) is 0.498. The molecule has 6 nitrogen and oxygen atoms in total. The zero-order valence-electron chi connectivity index (χ0n) is 12.0. The van der Waals surface area contributed by atoms with E-state index in [-0.39, 0.29) is 26.2 Å². The zero-order chi connectivity index (χ0) is 16.5. The van der Waals surface area contributed by atoms with Crippen LogP contribution in [-0.2, 0) is 20.0 Å². The van der Waals surface area contributed by atoms with Crippen molar-refractivity contribution in [3.05, 3.63) is 50.6 Å². The summed E-state index contributed by atoms with van der Waals surface area (Å²) in [4.78, 5) is 0. The second kappa shape index (κ2) is 8.93. The Morgan fingerprint density at radius 3 is 1.05 bits per heavy atom. The molecule has 120 valence electrons. The Bertz CT molecular complexity index is 507. The average Bonchev–Trinajstić information content (AvgIpc) is 2.37. The second-order valence-corrected chi connectivity index (χ2v) is 8.43. The summed E-state index contributed by atoms with van der Waals surface area (Å²) in [6.07, 6.45) is 5.55. The molecule has 0 saturated carbocycles. The van der Waals surface area contributed by atoms with Gasteiger partial charge in [0.25, 0.3) is 0 Å². The van der Waals surface area contributed by atoms with Crippen LogP contribution in [0.1, 0.15) is 0 Å². The summed E-state index contributed by atoms with van der Waals surface area (Å²) in [5.74, 6) is 0. The fourth-order valence-electron chi connectivity index (χ4n) is 1.52. The van der Waals surface area contributed by atoms with Gasteiger partial charge in [-0.15, -0.1) is 26.3 Å². The van der Waals surface area contributed by atoms with Crippen LogP contribution >= 0.6 is 0 Å². The Labute approximate surface area is 127 Å². The lowest BCUT2D eigenvalue weighted by Gasteiger charge is -2.23. The predicted octanol–water partition coefficient (Wildman–Crippen LogP) is 0.952. The van der Waals surface area contributed by atoms with Gasteiger partial charge in [0.1, 0.15) is 0 Å². The van der Waals surface area contributed by atoms with Crippen LogP contribution in [0.5, 0.6) is 0 Å². The van der Waals surface area contributed by atoms with E-state index in [1.54, 1.807) is 0 Å². The number of hydrogen-bond donors (Lipinski definition) is 0. The Kier molecular flexibility index (Phi) is 8.41. The van der Waals surface area contributed by atoms with E-state index in [1.165, 1.54) is 24.3 Å². The number of hydrogen-bond acceptors (Lipinski definition) is 4. The molecule has 0 aliphatic heterocycles. The van der Waals surface area contributed by atoms with Gasteiger partial charge in [-0.05, 0) is 0 Å². The molecule has 0 aliphatic rings. The highest BCUT2D eigenvalue weighted by atomic mass is 32.3. The van der Waals surface area contributed by atoms with Crippen molar-refractivity contribution < 1.29 is 16.8 Å².